The van der Waals surface area contributed by atoms with E-state index in [-0.39, 0.29) is 5.91 Å². The van der Waals surface area contributed by atoms with Gasteiger partial charge in [-0.3, -0.25) is 4.79 Å². The number of hydrogen-bond acceptors (Lipinski definition) is 4. The van der Waals surface area contributed by atoms with E-state index >= 15 is 0 Å². The number of carbonyl (C=O) groups is 1. The standard InChI is InChI=1S/C14H17N5O/c1-9-5-12(9)7-15-14(20)11-3-4-13(10(2)6-11)19-8-16-17-18-19/h3-4,6,8-9,12H,5,7H2,1-2H3,(H,15,20)/t9-,12-/m1/s1. The minimum atomic E-state index is -0.0181. The molecule has 6 heteroatoms. The molecule has 1 aliphatic carbocycles. The molecule has 1 heterocycles. The van der Waals surface area contributed by atoms with E-state index < -0.39 is 0 Å². The van der Waals surface area contributed by atoms with E-state index in [9.17, 15) is 4.79 Å². The maximum atomic E-state index is 12.1. The topological polar surface area (TPSA) is 72.7 Å². The molecule has 0 spiro atoms. The van der Waals surface area contributed by atoms with Gasteiger partial charge in [-0.05, 0) is 59.4 Å². The molecule has 1 amide bonds. The van der Waals surface area contributed by atoms with E-state index in [2.05, 4.69) is 27.8 Å². The smallest absolute Gasteiger partial charge is 0.251 e. The minimum Gasteiger partial charge on any atom is -0.352 e. The van der Waals surface area contributed by atoms with Gasteiger partial charge in [-0.1, -0.05) is 6.92 Å². The molecule has 1 fully saturated rings. The van der Waals surface area contributed by atoms with Gasteiger partial charge in [-0.15, -0.1) is 5.10 Å². The highest BCUT2D eigenvalue weighted by Crippen LogP contribution is 2.36. The molecule has 1 aromatic carbocycles. The van der Waals surface area contributed by atoms with Crippen molar-refractivity contribution < 1.29 is 4.79 Å². The number of aromatic nitrogens is 4. The van der Waals surface area contributed by atoms with Gasteiger partial charge >= 0.3 is 0 Å². The Morgan fingerprint density at radius 2 is 2.30 bits per heavy atom. The lowest BCUT2D eigenvalue weighted by Crippen LogP contribution is -2.26. The zero-order chi connectivity index (χ0) is 14.1. The highest BCUT2D eigenvalue weighted by Gasteiger charge is 2.32. The molecule has 2 atom stereocenters. The van der Waals surface area contributed by atoms with E-state index in [1.807, 2.05) is 19.1 Å². The van der Waals surface area contributed by atoms with Gasteiger partial charge < -0.3 is 5.32 Å². The van der Waals surface area contributed by atoms with Crippen LogP contribution >= 0.6 is 0 Å². The van der Waals surface area contributed by atoms with Crippen LogP contribution in [-0.2, 0) is 0 Å². The van der Waals surface area contributed by atoms with Crippen molar-refractivity contribution in [3.05, 3.63) is 35.7 Å². The molecule has 3 rings (SSSR count). The van der Waals surface area contributed by atoms with Crippen molar-refractivity contribution in [1.82, 2.24) is 25.5 Å². The van der Waals surface area contributed by atoms with Crippen LogP contribution < -0.4 is 5.32 Å². The average Bonchev–Trinajstić information content (AvgIpc) is 2.92. The molecule has 0 saturated heterocycles. The Kier molecular flexibility index (Phi) is 3.22. The number of carbonyl (C=O) groups excluding carboxylic acids is 1. The number of aryl methyl sites for hydroxylation is 1. The van der Waals surface area contributed by atoms with Gasteiger partial charge in [0.1, 0.15) is 6.33 Å². The molecule has 0 bridgehead atoms. The number of nitrogens with one attached hydrogen (secondary N) is 1. The Morgan fingerprint density at radius 1 is 1.50 bits per heavy atom. The molecule has 20 heavy (non-hydrogen) atoms. The molecule has 0 unspecified atom stereocenters. The molecule has 0 radical (unpaired) electrons. The van der Waals surface area contributed by atoms with Gasteiger partial charge in [-0.2, -0.15) is 0 Å². The molecular formula is C14H17N5O. The summed E-state index contributed by atoms with van der Waals surface area (Å²) in [4.78, 5) is 12.1. The van der Waals surface area contributed by atoms with Gasteiger partial charge in [0, 0.05) is 12.1 Å². The maximum absolute atomic E-state index is 12.1. The first-order valence-corrected chi connectivity index (χ1v) is 6.77. The molecule has 1 N–H and O–H groups in total. The molecule has 1 aliphatic rings. The monoisotopic (exact) mass is 271 g/mol. The Labute approximate surface area is 117 Å². The molecule has 0 aliphatic heterocycles. The lowest BCUT2D eigenvalue weighted by molar-refractivity contribution is 0.0951. The van der Waals surface area contributed by atoms with Crippen molar-refractivity contribution in [3.63, 3.8) is 0 Å². The normalized spacial score (nSPS) is 20.7. The fraction of sp³-hybridized carbons (Fsp3) is 0.429. The second kappa shape index (κ2) is 5.03. The Hall–Kier alpha value is -2.24. The number of hydrogen-bond donors (Lipinski definition) is 1. The molecule has 6 nitrogen and oxygen atoms in total. The first-order valence-electron chi connectivity index (χ1n) is 6.77. The van der Waals surface area contributed by atoms with Gasteiger partial charge in [0.15, 0.2) is 0 Å². The van der Waals surface area contributed by atoms with Crippen molar-refractivity contribution in [2.24, 2.45) is 11.8 Å². The van der Waals surface area contributed by atoms with Crippen molar-refractivity contribution in [1.29, 1.82) is 0 Å². The quantitative estimate of drug-likeness (QED) is 0.911. The highest BCUT2D eigenvalue weighted by molar-refractivity contribution is 5.94. The van der Waals surface area contributed by atoms with E-state index in [1.54, 1.807) is 10.7 Å². The summed E-state index contributed by atoms with van der Waals surface area (Å²) in [7, 11) is 0. The van der Waals surface area contributed by atoms with Crippen LogP contribution in [0.15, 0.2) is 24.5 Å². The van der Waals surface area contributed by atoms with E-state index in [0.717, 1.165) is 23.7 Å². The SMILES string of the molecule is Cc1cc(C(=O)NC[C@H]2C[C@H]2C)ccc1-n1cnnn1. The van der Waals surface area contributed by atoms with Crippen molar-refractivity contribution in [3.8, 4) is 5.69 Å². The largest absolute Gasteiger partial charge is 0.352 e. The van der Waals surface area contributed by atoms with Crippen LogP contribution in [0.25, 0.3) is 5.69 Å². The first kappa shape index (κ1) is 12.8. The second-order valence-electron chi connectivity index (χ2n) is 5.44. The van der Waals surface area contributed by atoms with Gasteiger partial charge in [0.2, 0.25) is 0 Å². The molecule has 2 aromatic rings. The Balaban J connectivity index is 1.71. The molecular weight excluding hydrogens is 254 g/mol. The minimum absolute atomic E-state index is 0.0181. The number of rotatable bonds is 4. The number of amides is 1. The zero-order valence-electron chi connectivity index (χ0n) is 11.6. The summed E-state index contributed by atoms with van der Waals surface area (Å²) < 4.78 is 1.59. The maximum Gasteiger partial charge on any atom is 0.251 e. The average molecular weight is 271 g/mol. The van der Waals surface area contributed by atoms with Gasteiger partial charge in [0.05, 0.1) is 5.69 Å². The van der Waals surface area contributed by atoms with Gasteiger partial charge in [0.25, 0.3) is 5.91 Å². The summed E-state index contributed by atoms with van der Waals surface area (Å²) in [5, 5.41) is 14.1. The Morgan fingerprint density at radius 3 is 2.90 bits per heavy atom. The molecule has 1 aromatic heterocycles. The fourth-order valence-electron chi connectivity index (χ4n) is 2.33. The summed E-state index contributed by atoms with van der Waals surface area (Å²) >= 11 is 0. The van der Waals surface area contributed by atoms with Crippen LogP contribution in [0.5, 0.6) is 0 Å². The van der Waals surface area contributed by atoms with Crippen molar-refractivity contribution >= 4 is 5.91 Å². The lowest BCUT2D eigenvalue weighted by Gasteiger charge is -2.08. The highest BCUT2D eigenvalue weighted by atomic mass is 16.1. The fourth-order valence-corrected chi connectivity index (χ4v) is 2.33. The summed E-state index contributed by atoms with van der Waals surface area (Å²) in [6.07, 6.45) is 2.76. The van der Waals surface area contributed by atoms with Crippen LogP contribution in [0.3, 0.4) is 0 Å². The third-order valence-electron chi connectivity index (χ3n) is 3.86. The van der Waals surface area contributed by atoms with E-state index in [1.165, 1.54) is 12.7 Å². The summed E-state index contributed by atoms with van der Waals surface area (Å²) in [6.45, 7) is 4.92. The van der Waals surface area contributed by atoms with Crippen LogP contribution in [0.1, 0.15) is 29.3 Å². The number of tetrazole rings is 1. The molecule has 1 saturated carbocycles. The predicted octanol–water partition coefficient (Wildman–Crippen LogP) is 1.36. The zero-order valence-corrected chi connectivity index (χ0v) is 11.6. The summed E-state index contributed by atoms with van der Waals surface area (Å²) in [5.41, 5.74) is 2.51. The van der Waals surface area contributed by atoms with Crippen LogP contribution in [-0.4, -0.2) is 32.7 Å². The number of benzene rings is 1. The summed E-state index contributed by atoms with van der Waals surface area (Å²) in [6, 6.07) is 5.53. The molecule has 104 valence electrons. The summed E-state index contributed by atoms with van der Waals surface area (Å²) in [5.74, 6) is 1.38. The van der Waals surface area contributed by atoms with Crippen LogP contribution in [0, 0.1) is 18.8 Å². The first-order chi connectivity index (χ1) is 9.65. The predicted molar refractivity (Wildman–Crippen MR) is 73.5 cm³/mol. The lowest BCUT2D eigenvalue weighted by atomic mass is 10.1. The van der Waals surface area contributed by atoms with Crippen molar-refractivity contribution in [2.45, 2.75) is 20.3 Å². The second-order valence-corrected chi connectivity index (χ2v) is 5.44. The van der Waals surface area contributed by atoms with E-state index in [4.69, 9.17) is 0 Å². The van der Waals surface area contributed by atoms with Gasteiger partial charge in [-0.25, -0.2) is 4.68 Å². The Bertz CT molecular complexity index is 622. The van der Waals surface area contributed by atoms with Crippen LogP contribution in [0.2, 0.25) is 0 Å². The van der Waals surface area contributed by atoms with Crippen molar-refractivity contribution in [2.75, 3.05) is 6.54 Å². The van der Waals surface area contributed by atoms with Crippen LogP contribution in [0.4, 0.5) is 0 Å². The number of nitrogens with zero attached hydrogens (tertiary/aromatic N) is 4. The van der Waals surface area contributed by atoms with E-state index in [0.29, 0.717) is 11.5 Å². The third-order valence-corrected chi connectivity index (χ3v) is 3.86. The third kappa shape index (κ3) is 2.54.